The van der Waals surface area contributed by atoms with Crippen molar-refractivity contribution in [3.8, 4) is 0 Å². The topological polar surface area (TPSA) is 12.9 Å². The van der Waals surface area contributed by atoms with Gasteiger partial charge >= 0.3 is 0 Å². The van der Waals surface area contributed by atoms with Crippen molar-refractivity contribution in [2.75, 3.05) is 0 Å². The molecule has 0 saturated heterocycles. The van der Waals surface area contributed by atoms with E-state index in [1.807, 2.05) is 13.8 Å². The van der Waals surface area contributed by atoms with Crippen LogP contribution in [0, 0.1) is 6.92 Å². The van der Waals surface area contributed by atoms with Crippen molar-refractivity contribution in [1.82, 2.24) is 4.98 Å². The van der Waals surface area contributed by atoms with Gasteiger partial charge in [0.15, 0.2) is 0 Å². The van der Waals surface area contributed by atoms with Crippen LogP contribution in [-0.4, -0.2) is 4.98 Å². The average molecular weight is 179 g/mol. The highest BCUT2D eigenvalue weighted by molar-refractivity contribution is 7.09. The van der Waals surface area contributed by atoms with Crippen LogP contribution in [0.15, 0.2) is 5.38 Å². The smallest absolute Gasteiger partial charge is 0.241 e. The Labute approximate surface area is 69.1 Å². The third-order valence-corrected chi connectivity index (χ3v) is 1.65. The Morgan fingerprint density at radius 3 is 2.18 bits per heavy atom. The van der Waals surface area contributed by atoms with Crippen LogP contribution in [0.1, 0.15) is 31.0 Å². The lowest BCUT2D eigenvalue weighted by Crippen LogP contribution is -1.81. The third kappa shape index (κ3) is 3.41. The zero-order valence-electron chi connectivity index (χ0n) is 6.77. The van der Waals surface area contributed by atoms with Crippen LogP contribution in [0.25, 0.3) is 0 Å². The van der Waals surface area contributed by atoms with Crippen LogP contribution < -0.4 is 0 Å². The number of nitrogens with zero attached hydrogens (tertiary/aromatic N) is 1. The summed E-state index contributed by atoms with van der Waals surface area (Å²) in [6.45, 7) is 5.70. The number of aryl methyl sites for hydroxylation is 1. The molecule has 0 spiro atoms. The summed E-state index contributed by atoms with van der Waals surface area (Å²) in [5.74, 6) is 0. The fraction of sp³-hybridized carbons (Fsp3) is 0.571. The molecule has 0 radical (unpaired) electrons. The molecule has 0 aromatic carbocycles. The Morgan fingerprint density at radius 1 is 1.45 bits per heavy atom. The normalized spacial score (nSPS) is 9.27. The van der Waals surface area contributed by atoms with Crippen LogP contribution in [0.2, 0.25) is 0 Å². The maximum Gasteiger partial charge on any atom is 0.281 e. The molecule has 0 aliphatic carbocycles. The largest absolute Gasteiger partial charge is 0.281 e. The molecule has 11 heavy (non-hydrogen) atoms. The molecule has 0 amide bonds. The highest BCUT2D eigenvalue weighted by Gasteiger charge is 2.08. The number of thiazole rings is 1. The van der Waals surface area contributed by atoms with Crippen molar-refractivity contribution in [3.63, 3.8) is 0 Å². The standard InChI is InChI=1S/C5H5F2NS.C2H6/c1-3-8-4(2-9-3)5(6)7;1-2/h2,5H,1H3;1-2H3. The van der Waals surface area contributed by atoms with Gasteiger partial charge in [0.25, 0.3) is 6.43 Å². The summed E-state index contributed by atoms with van der Waals surface area (Å²) in [7, 11) is 0. The van der Waals surface area contributed by atoms with Gasteiger partial charge in [-0.3, -0.25) is 0 Å². The summed E-state index contributed by atoms with van der Waals surface area (Å²) in [5, 5.41) is 2.06. The summed E-state index contributed by atoms with van der Waals surface area (Å²) in [6, 6.07) is 0. The second-order valence-electron chi connectivity index (χ2n) is 1.59. The van der Waals surface area contributed by atoms with Gasteiger partial charge in [0.2, 0.25) is 0 Å². The summed E-state index contributed by atoms with van der Waals surface area (Å²) >= 11 is 1.24. The monoisotopic (exact) mass is 179 g/mol. The van der Waals surface area contributed by atoms with E-state index in [0.29, 0.717) is 5.01 Å². The van der Waals surface area contributed by atoms with Gasteiger partial charge in [-0.05, 0) is 6.92 Å². The van der Waals surface area contributed by atoms with Crippen molar-refractivity contribution in [1.29, 1.82) is 0 Å². The summed E-state index contributed by atoms with van der Waals surface area (Å²) in [5.41, 5.74) is -0.113. The van der Waals surface area contributed by atoms with E-state index < -0.39 is 6.43 Å². The average Bonchev–Trinajstić information content (AvgIpc) is 2.40. The molecule has 4 heteroatoms. The number of rotatable bonds is 1. The third-order valence-electron chi connectivity index (χ3n) is 0.860. The molecule has 64 valence electrons. The molecule has 1 nitrogen and oxygen atoms in total. The van der Waals surface area contributed by atoms with Crippen molar-refractivity contribution < 1.29 is 8.78 Å². The van der Waals surface area contributed by atoms with Gasteiger partial charge in [-0.25, -0.2) is 13.8 Å². The van der Waals surface area contributed by atoms with Crippen molar-refractivity contribution in [3.05, 3.63) is 16.1 Å². The first-order chi connectivity index (χ1) is 5.20. The molecule has 0 fully saturated rings. The number of aromatic nitrogens is 1. The fourth-order valence-corrected chi connectivity index (χ4v) is 1.09. The van der Waals surface area contributed by atoms with Crippen LogP contribution >= 0.6 is 11.3 Å². The van der Waals surface area contributed by atoms with Gasteiger partial charge in [-0.2, -0.15) is 0 Å². The maximum atomic E-state index is 11.7. The van der Waals surface area contributed by atoms with E-state index in [1.165, 1.54) is 16.7 Å². The first kappa shape index (κ1) is 10.5. The summed E-state index contributed by atoms with van der Waals surface area (Å²) in [6.07, 6.45) is -2.42. The quantitative estimate of drug-likeness (QED) is 0.643. The van der Waals surface area contributed by atoms with E-state index in [4.69, 9.17) is 0 Å². The molecule has 1 rings (SSSR count). The molecule has 0 bridgehead atoms. The Morgan fingerprint density at radius 2 is 2.00 bits per heavy atom. The predicted molar refractivity (Wildman–Crippen MR) is 43.2 cm³/mol. The number of hydrogen-bond acceptors (Lipinski definition) is 2. The predicted octanol–water partition coefficient (Wildman–Crippen LogP) is 3.42. The fourth-order valence-electron chi connectivity index (χ4n) is 0.480. The molecule has 0 atom stereocenters. The second-order valence-corrected chi connectivity index (χ2v) is 2.65. The van der Waals surface area contributed by atoms with Gasteiger partial charge in [0, 0.05) is 5.38 Å². The van der Waals surface area contributed by atoms with E-state index in [1.54, 1.807) is 6.92 Å². The lowest BCUT2D eigenvalue weighted by Gasteiger charge is -1.87. The molecule has 0 N–H and O–H groups in total. The minimum atomic E-state index is -2.42. The highest BCUT2D eigenvalue weighted by atomic mass is 32.1. The van der Waals surface area contributed by atoms with Crippen LogP contribution in [0.5, 0.6) is 0 Å². The minimum absolute atomic E-state index is 0.113. The number of alkyl halides is 2. The minimum Gasteiger partial charge on any atom is -0.241 e. The van der Waals surface area contributed by atoms with Gasteiger partial charge in [-0.15, -0.1) is 11.3 Å². The Kier molecular flexibility index (Phi) is 4.94. The Hall–Kier alpha value is -0.510. The van der Waals surface area contributed by atoms with Crippen molar-refractivity contribution in [2.45, 2.75) is 27.2 Å². The zero-order chi connectivity index (χ0) is 8.85. The number of hydrogen-bond donors (Lipinski definition) is 0. The lowest BCUT2D eigenvalue weighted by molar-refractivity contribution is 0.146. The number of halogens is 2. The summed E-state index contributed by atoms with van der Waals surface area (Å²) < 4.78 is 23.4. The van der Waals surface area contributed by atoms with E-state index in [2.05, 4.69) is 4.98 Å². The molecule has 0 saturated carbocycles. The van der Waals surface area contributed by atoms with Gasteiger partial charge < -0.3 is 0 Å². The van der Waals surface area contributed by atoms with E-state index in [-0.39, 0.29) is 5.69 Å². The maximum absolute atomic E-state index is 11.7. The van der Waals surface area contributed by atoms with Crippen molar-refractivity contribution >= 4 is 11.3 Å². The van der Waals surface area contributed by atoms with Crippen LogP contribution in [0.4, 0.5) is 8.78 Å². The molecule has 0 unspecified atom stereocenters. The Bertz CT molecular complexity index is 198. The molecule has 1 heterocycles. The van der Waals surface area contributed by atoms with Crippen molar-refractivity contribution in [2.24, 2.45) is 0 Å². The van der Waals surface area contributed by atoms with E-state index in [9.17, 15) is 8.78 Å². The van der Waals surface area contributed by atoms with Gasteiger partial charge in [0.05, 0.1) is 5.01 Å². The van der Waals surface area contributed by atoms with E-state index in [0.717, 1.165) is 0 Å². The molecule has 0 aliphatic heterocycles. The summed E-state index contributed by atoms with van der Waals surface area (Å²) in [4.78, 5) is 3.58. The van der Waals surface area contributed by atoms with Gasteiger partial charge in [0.1, 0.15) is 5.69 Å². The Balaban J connectivity index is 0.000000461. The molecular weight excluding hydrogens is 168 g/mol. The molecule has 1 aromatic heterocycles. The van der Waals surface area contributed by atoms with Gasteiger partial charge in [-0.1, -0.05) is 13.8 Å². The first-order valence-corrected chi connectivity index (χ1v) is 4.28. The van der Waals surface area contributed by atoms with E-state index >= 15 is 0 Å². The zero-order valence-corrected chi connectivity index (χ0v) is 7.58. The molecular formula is C7H11F2NS. The highest BCUT2D eigenvalue weighted by Crippen LogP contribution is 2.19. The lowest BCUT2D eigenvalue weighted by atomic mass is 10.5. The van der Waals surface area contributed by atoms with Crippen LogP contribution in [0.3, 0.4) is 0 Å². The SMILES string of the molecule is CC.Cc1nc(C(F)F)cs1. The molecule has 1 aromatic rings. The molecule has 0 aliphatic rings. The van der Waals surface area contributed by atoms with Crippen LogP contribution in [-0.2, 0) is 0 Å². The second kappa shape index (κ2) is 5.18. The first-order valence-electron chi connectivity index (χ1n) is 3.40.